The highest BCUT2D eigenvalue weighted by Crippen LogP contribution is 2.18. The van der Waals surface area contributed by atoms with Crippen molar-refractivity contribution in [3.8, 4) is 0 Å². The van der Waals surface area contributed by atoms with Crippen molar-refractivity contribution in [3.05, 3.63) is 16.9 Å². The number of nitrogens with zero attached hydrogens (tertiary/aromatic N) is 4. The molecular formula is C12H18N6S. The number of hydrogen-bond acceptors (Lipinski definition) is 7. The van der Waals surface area contributed by atoms with Crippen molar-refractivity contribution < 1.29 is 0 Å². The van der Waals surface area contributed by atoms with Gasteiger partial charge in [0, 0.05) is 11.8 Å². The molecule has 0 unspecified atom stereocenters. The van der Waals surface area contributed by atoms with Crippen molar-refractivity contribution in [3.63, 3.8) is 0 Å². The first kappa shape index (κ1) is 13.7. The van der Waals surface area contributed by atoms with Crippen LogP contribution in [0.1, 0.15) is 37.7 Å². The second-order valence-electron chi connectivity index (χ2n) is 4.31. The summed E-state index contributed by atoms with van der Waals surface area (Å²) in [4.78, 5) is 16.9. The van der Waals surface area contributed by atoms with E-state index in [-0.39, 0.29) is 5.95 Å². The Morgan fingerprint density at radius 2 is 2.05 bits per heavy atom. The van der Waals surface area contributed by atoms with Crippen LogP contribution in [-0.4, -0.2) is 19.9 Å². The number of anilines is 3. The van der Waals surface area contributed by atoms with E-state index in [9.17, 15) is 0 Å². The molecule has 7 heteroatoms. The van der Waals surface area contributed by atoms with Crippen LogP contribution < -0.4 is 11.1 Å². The molecule has 0 atom stereocenters. The molecule has 0 aliphatic heterocycles. The largest absolute Gasteiger partial charge is 0.368 e. The zero-order valence-electron chi connectivity index (χ0n) is 11.2. The number of aromatic nitrogens is 4. The smallest absolute Gasteiger partial charge is 0.234 e. The van der Waals surface area contributed by atoms with E-state index in [0.717, 1.165) is 29.5 Å². The molecule has 0 fully saturated rings. The maximum atomic E-state index is 5.70. The minimum atomic E-state index is 0.247. The zero-order valence-corrected chi connectivity index (χ0v) is 12.0. The molecule has 2 aromatic heterocycles. The lowest BCUT2D eigenvalue weighted by Crippen LogP contribution is -2.07. The summed E-state index contributed by atoms with van der Waals surface area (Å²) in [6.07, 6.45) is 4.23. The fourth-order valence-electron chi connectivity index (χ4n) is 1.65. The fourth-order valence-corrected chi connectivity index (χ4v) is 2.33. The number of nitrogens with one attached hydrogen (secondary N) is 1. The van der Waals surface area contributed by atoms with Gasteiger partial charge in [-0.1, -0.05) is 19.8 Å². The van der Waals surface area contributed by atoms with E-state index in [1.165, 1.54) is 24.2 Å². The molecule has 0 bridgehead atoms. The summed E-state index contributed by atoms with van der Waals surface area (Å²) in [7, 11) is 0. The molecule has 6 nitrogen and oxygen atoms in total. The summed E-state index contributed by atoms with van der Waals surface area (Å²) < 4.78 is 0. The number of nitrogen functional groups attached to an aromatic ring is 1. The predicted octanol–water partition coefficient (Wildman–Crippen LogP) is 2.70. The van der Waals surface area contributed by atoms with Gasteiger partial charge >= 0.3 is 0 Å². The van der Waals surface area contributed by atoms with Gasteiger partial charge in [0.2, 0.25) is 11.9 Å². The van der Waals surface area contributed by atoms with Crippen LogP contribution in [0.15, 0.2) is 5.38 Å². The molecule has 0 radical (unpaired) electrons. The molecule has 0 amide bonds. The zero-order chi connectivity index (χ0) is 13.7. The molecule has 0 saturated heterocycles. The van der Waals surface area contributed by atoms with Crippen molar-refractivity contribution >= 4 is 28.4 Å². The van der Waals surface area contributed by atoms with Gasteiger partial charge in [-0.2, -0.15) is 15.0 Å². The molecule has 102 valence electrons. The highest BCUT2D eigenvalue weighted by atomic mass is 32.1. The van der Waals surface area contributed by atoms with Crippen LogP contribution in [0, 0.1) is 6.92 Å². The fraction of sp³-hybridized carbons (Fsp3) is 0.500. The van der Waals surface area contributed by atoms with Gasteiger partial charge in [-0.3, -0.25) is 5.32 Å². The van der Waals surface area contributed by atoms with Crippen molar-refractivity contribution in [2.75, 3.05) is 11.1 Å². The number of nitrogens with two attached hydrogens (primary N) is 1. The third kappa shape index (κ3) is 4.13. The predicted molar refractivity (Wildman–Crippen MR) is 77.6 cm³/mol. The minimum absolute atomic E-state index is 0.247. The van der Waals surface area contributed by atoms with Gasteiger partial charge in [0.1, 0.15) is 5.82 Å². The Hall–Kier alpha value is -1.76. The number of unbranched alkanes of at least 4 members (excludes halogenated alkanes) is 2. The summed E-state index contributed by atoms with van der Waals surface area (Å²) in [6.45, 7) is 4.11. The van der Waals surface area contributed by atoms with Crippen LogP contribution in [-0.2, 0) is 6.42 Å². The van der Waals surface area contributed by atoms with Gasteiger partial charge in [0.15, 0.2) is 5.13 Å². The van der Waals surface area contributed by atoms with Crippen molar-refractivity contribution in [1.29, 1.82) is 0 Å². The molecule has 3 N–H and O–H groups in total. The number of rotatable bonds is 6. The molecule has 0 aliphatic carbocycles. The third-order valence-corrected chi connectivity index (χ3v) is 3.42. The second kappa shape index (κ2) is 6.42. The molecule has 2 aromatic rings. The van der Waals surface area contributed by atoms with Gasteiger partial charge < -0.3 is 5.73 Å². The van der Waals surface area contributed by atoms with Crippen LogP contribution in [0.25, 0.3) is 0 Å². The highest BCUT2D eigenvalue weighted by molar-refractivity contribution is 7.13. The highest BCUT2D eigenvalue weighted by Gasteiger charge is 2.06. The average molecular weight is 278 g/mol. The monoisotopic (exact) mass is 278 g/mol. The Labute approximate surface area is 116 Å². The lowest BCUT2D eigenvalue weighted by atomic mass is 10.2. The van der Waals surface area contributed by atoms with Crippen molar-refractivity contribution in [2.45, 2.75) is 39.5 Å². The first-order valence-electron chi connectivity index (χ1n) is 6.37. The first-order chi connectivity index (χ1) is 9.17. The SMILES string of the molecule is CCCCCc1nc(N)nc(Nc2nc(C)cs2)n1. The van der Waals surface area contributed by atoms with Crippen LogP contribution in [0.5, 0.6) is 0 Å². The lowest BCUT2D eigenvalue weighted by Gasteiger charge is -2.04. The molecule has 0 saturated carbocycles. The van der Waals surface area contributed by atoms with Gasteiger partial charge in [-0.25, -0.2) is 4.98 Å². The van der Waals surface area contributed by atoms with Crippen LogP contribution in [0.2, 0.25) is 0 Å². The number of aryl methyl sites for hydroxylation is 2. The van der Waals surface area contributed by atoms with E-state index in [4.69, 9.17) is 5.73 Å². The quantitative estimate of drug-likeness (QED) is 0.790. The summed E-state index contributed by atoms with van der Waals surface area (Å²) in [5, 5.41) is 5.80. The Morgan fingerprint density at radius 3 is 2.74 bits per heavy atom. The molecule has 2 heterocycles. The first-order valence-corrected chi connectivity index (χ1v) is 7.25. The number of thiazole rings is 1. The Morgan fingerprint density at radius 1 is 1.21 bits per heavy atom. The molecule has 0 spiro atoms. The van der Waals surface area contributed by atoms with E-state index < -0.39 is 0 Å². The van der Waals surface area contributed by atoms with Gasteiger partial charge in [-0.05, 0) is 13.3 Å². The van der Waals surface area contributed by atoms with E-state index in [2.05, 4.69) is 32.2 Å². The van der Waals surface area contributed by atoms with Gasteiger partial charge in [0.05, 0.1) is 5.69 Å². The molecule has 2 rings (SSSR count). The van der Waals surface area contributed by atoms with Gasteiger partial charge in [-0.15, -0.1) is 11.3 Å². The molecular weight excluding hydrogens is 260 g/mol. The summed E-state index contributed by atoms with van der Waals surface area (Å²) in [5.41, 5.74) is 6.67. The van der Waals surface area contributed by atoms with Crippen LogP contribution in [0.3, 0.4) is 0 Å². The summed E-state index contributed by atoms with van der Waals surface area (Å²) in [6, 6.07) is 0. The van der Waals surface area contributed by atoms with Crippen LogP contribution >= 0.6 is 11.3 Å². The molecule has 19 heavy (non-hydrogen) atoms. The van der Waals surface area contributed by atoms with E-state index in [1.54, 1.807) is 0 Å². The molecule has 0 aliphatic rings. The normalized spacial score (nSPS) is 10.6. The van der Waals surface area contributed by atoms with Crippen LogP contribution in [0.4, 0.5) is 17.0 Å². The Balaban J connectivity index is 2.07. The minimum Gasteiger partial charge on any atom is -0.368 e. The average Bonchev–Trinajstić information content (AvgIpc) is 2.74. The third-order valence-electron chi connectivity index (χ3n) is 2.54. The van der Waals surface area contributed by atoms with E-state index in [1.807, 2.05) is 12.3 Å². The van der Waals surface area contributed by atoms with Crippen molar-refractivity contribution in [2.24, 2.45) is 0 Å². The van der Waals surface area contributed by atoms with Crippen molar-refractivity contribution in [1.82, 2.24) is 19.9 Å². The maximum Gasteiger partial charge on any atom is 0.234 e. The van der Waals surface area contributed by atoms with E-state index in [0.29, 0.717) is 5.95 Å². The number of hydrogen-bond donors (Lipinski definition) is 2. The Bertz CT molecular complexity index is 539. The van der Waals surface area contributed by atoms with Gasteiger partial charge in [0.25, 0.3) is 0 Å². The van der Waals surface area contributed by atoms with E-state index >= 15 is 0 Å². The topological polar surface area (TPSA) is 89.6 Å². The second-order valence-corrected chi connectivity index (χ2v) is 5.17. The summed E-state index contributed by atoms with van der Waals surface area (Å²) in [5.74, 6) is 1.45. The maximum absolute atomic E-state index is 5.70. The lowest BCUT2D eigenvalue weighted by molar-refractivity contribution is 0.692. The Kier molecular flexibility index (Phi) is 4.62. The summed E-state index contributed by atoms with van der Waals surface area (Å²) >= 11 is 1.51. The molecule has 0 aromatic carbocycles. The standard InChI is InChI=1S/C12H18N6S/c1-3-4-5-6-9-15-10(13)17-11(16-9)18-12-14-8(2)7-19-12/h7H,3-6H2,1-2H3,(H3,13,14,15,16,17,18).